The first-order valence-electron chi connectivity index (χ1n) is 3.58. The van der Waals surface area contributed by atoms with Crippen LogP contribution in [0.2, 0.25) is 0 Å². The molecule has 0 aliphatic carbocycles. The summed E-state index contributed by atoms with van der Waals surface area (Å²) in [5, 5.41) is 11.9. The predicted octanol–water partition coefficient (Wildman–Crippen LogP) is 1.03. The second-order valence-electron chi connectivity index (χ2n) is 2.45. The quantitative estimate of drug-likeness (QED) is 0.817. The van der Waals surface area contributed by atoms with Gasteiger partial charge in [0.05, 0.1) is 18.5 Å². The summed E-state index contributed by atoms with van der Waals surface area (Å²) in [6.07, 6.45) is 2.83. The molecular formula is C7H10BrN3O. The molecule has 1 unspecified atom stereocenters. The third-order valence-corrected chi connectivity index (χ3v) is 1.61. The van der Waals surface area contributed by atoms with Gasteiger partial charge in [-0.05, 0) is 22.9 Å². The fourth-order valence-electron chi connectivity index (χ4n) is 0.656. The second-order valence-corrected chi connectivity index (χ2v) is 3.27. The van der Waals surface area contributed by atoms with Gasteiger partial charge in [-0.1, -0.05) is 0 Å². The average molecular weight is 232 g/mol. The smallest absolute Gasteiger partial charge is 0.144 e. The first-order valence-corrected chi connectivity index (χ1v) is 4.37. The summed E-state index contributed by atoms with van der Waals surface area (Å²) in [6, 6.07) is 0. The van der Waals surface area contributed by atoms with Crippen molar-refractivity contribution in [1.29, 1.82) is 0 Å². The van der Waals surface area contributed by atoms with Crippen molar-refractivity contribution in [2.45, 2.75) is 13.0 Å². The van der Waals surface area contributed by atoms with Crippen LogP contribution < -0.4 is 5.32 Å². The van der Waals surface area contributed by atoms with Crippen LogP contribution in [0.15, 0.2) is 17.0 Å². The van der Waals surface area contributed by atoms with Crippen LogP contribution in [0, 0.1) is 0 Å². The van der Waals surface area contributed by atoms with Crippen molar-refractivity contribution in [3.63, 3.8) is 0 Å². The predicted molar refractivity (Wildman–Crippen MR) is 49.9 cm³/mol. The monoisotopic (exact) mass is 231 g/mol. The van der Waals surface area contributed by atoms with Gasteiger partial charge in [-0.25, -0.2) is 9.97 Å². The first kappa shape index (κ1) is 9.41. The maximum Gasteiger partial charge on any atom is 0.144 e. The van der Waals surface area contributed by atoms with Crippen LogP contribution in [-0.2, 0) is 0 Å². The van der Waals surface area contributed by atoms with Gasteiger partial charge in [-0.2, -0.15) is 0 Å². The number of hydrogen-bond donors (Lipinski definition) is 2. The van der Waals surface area contributed by atoms with Gasteiger partial charge in [-0.3, -0.25) is 0 Å². The van der Waals surface area contributed by atoms with E-state index in [1.54, 1.807) is 19.3 Å². The number of aromatic nitrogens is 2. The molecule has 1 atom stereocenters. The van der Waals surface area contributed by atoms with Crippen molar-refractivity contribution in [3.8, 4) is 0 Å². The van der Waals surface area contributed by atoms with Gasteiger partial charge in [0.15, 0.2) is 0 Å². The molecule has 0 aliphatic heterocycles. The van der Waals surface area contributed by atoms with Crippen molar-refractivity contribution in [2.75, 3.05) is 11.9 Å². The highest BCUT2D eigenvalue weighted by atomic mass is 79.9. The number of halogens is 1. The summed E-state index contributed by atoms with van der Waals surface area (Å²) in [5.74, 6) is 0.666. The van der Waals surface area contributed by atoms with E-state index in [9.17, 15) is 0 Å². The minimum atomic E-state index is -0.379. The summed E-state index contributed by atoms with van der Waals surface area (Å²) < 4.78 is 0.699. The lowest BCUT2D eigenvalue weighted by atomic mass is 10.4. The highest BCUT2D eigenvalue weighted by molar-refractivity contribution is 9.10. The Morgan fingerprint density at radius 1 is 1.58 bits per heavy atom. The van der Waals surface area contributed by atoms with Crippen LogP contribution in [0.4, 0.5) is 5.82 Å². The van der Waals surface area contributed by atoms with Crippen LogP contribution in [0.1, 0.15) is 6.92 Å². The molecule has 0 bridgehead atoms. The number of hydrogen-bond acceptors (Lipinski definition) is 4. The molecule has 0 aliphatic rings. The van der Waals surface area contributed by atoms with Crippen molar-refractivity contribution in [2.24, 2.45) is 0 Å². The van der Waals surface area contributed by atoms with Gasteiger partial charge >= 0.3 is 0 Å². The van der Waals surface area contributed by atoms with Crippen molar-refractivity contribution >= 4 is 21.7 Å². The summed E-state index contributed by atoms with van der Waals surface area (Å²) in [6.45, 7) is 2.19. The van der Waals surface area contributed by atoms with E-state index in [0.717, 1.165) is 0 Å². The molecule has 0 radical (unpaired) electrons. The molecule has 1 aromatic heterocycles. The third-order valence-electron chi connectivity index (χ3n) is 1.20. The highest BCUT2D eigenvalue weighted by Crippen LogP contribution is 2.05. The Bertz CT molecular complexity index is 237. The van der Waals surface area contributed by atoms with Crippen LogP contribution in [0.3, 0.4) is 0 Å². The Kier molecular flexibility index (Phi) is 3.43. The number of aliphatic hydroxyl groups excluding tert-OH is 1. The normalized spacial score (nSPS) is 12.6. The van der Waals surface area contributed by atoms with E-state index < -0.39 is 0 Å². The van der Waals surface area contributed by atoms with E-state index in [4.69, 9.17) is 5.11 Å². The number of nitrogens with zero attached hydrogens (tertiary/aromatic N) is 2. The van der Waals surface area contributed by atoms with E-state index in [1.807, 2.05) is 0 Å². The van der Waals surface area contributed by atoms with E-state index >= 15 is 0 Å². The molecule has 4 nitrogen and oxygen atoms in total. The Morgan fingerprint density at radius 3 is 2.83 bits per heavy atom. The Balaban J connectivity index is 2.48. The molecule has 0 fully saturated rings. The second kappa shape index (κ2) is 4.37. The maximum atomic E-state index is 8.95. The zero-order valence-corrected chi connectivity index (χ0v) is 8.24. The topological polar surface area (TPSA) is 58.0 Å². The molecular weight excluding hydrogens is 222 g/mol. The Hall–Kier alpha value is -0.680. The van der Waals surface area contributed by atoms with E-state index in [0.29, 0.717) is 17.0 Å². The molecule has 1 aromatic rings. The molecule has 0 saturated carbocycles. The minimum absolute atomic E-state index is 0.379. The fourth-order valence-corrected chi connectivity index (χ4v) is 0.861. The van der Waals surface area contributed by atoms with Crippen molar-refractivity contribution in [1.82, 2.24) is 9.97 Å². The molecule has 66 valence electrons. The lowest BCUT2D eigenvalue weighted by Gasteiger charge is -2.06. The third kappa shape index (κ3) is 3.15. The van der Waals surface area contributed by atoms with Gasteiger partial charge in [0.25, 0.3) is 0 Å². The van der Waals surface area contributed by atoms with E-state index in [2.05, 4.69) is 31.2 Å². The molecule has 5 heteroatoms. The van der Waals surface area contributed by atoms with Gasteiger partial charge in [0.1, 0.15) is 10.4 Å². The van der Waals surface area contributed by atoms with Crippen LogP contribution in [0.5, 0.6) is 0 Å². The molecule has 0 amide bonds. The number of nitrogens with one attached hydrogen (secondary N) is 1. The molecule has 2 N–H and O–H groups in total. The van der Waals surface area contributed by atoms with Gasteiger partial charge in [-0.15, -0.1) is 0 Å². The lowest BCUT2D eigenvalue weighted by Crippen LogP contribution is -2.16. The first-order chi connectivity index (χ1) is 5.68. The van der Waals surface area contributed by atoms with Crippen LogP contribution >= 0.6 is 15.9 Å². The lowest BCUT2D eigenvalue weighted by molar-refractivity contribution is 0.208. The molecule has 0 spiro atoms. The summed E-state index contributed by atoms with van der Waals surface area (Å²) in [5.41, 5.74) is 0. The fraction of sp³-hybridized carbons (Fsp3) is 0.429. The minimum Gasteiger partial charge on any atom is -0.392 e. The van der Waals surface area contributed by atoms with Gasteiger partial charge < -0.3 is 10.4 Å². The summed E-state index contributed by atoms with van der Waals surface area (Å²) >= 11 is 3.17. The highest BCUT2D eigenvalue weighted by Gasteiger charge is 1.96. The zero-order valence-electron chi connectivity index (χ0n) is 6.66. The molecule has 12 heavy (non-hydrogen) atoms. The van der Waals surface area contributed by atoms with Crippen molar-refractivity contribution in [3.05, 3.63) is 17.0 Å². The van der Waals surface area contributed by atoms with Crippen LogP contribution in [-0.4, -0.2) is 27.7 Å². The maximum absolute atomic E-state index is 8.95. The van der Waals surface area contributed by atoms with E-state index in [1.165, 1.54) is 0 Å². The van der Waals surface area contributed by atoms with Crippen LogP contribution in [0.25, 0.3) is 0 Å². The number of aliphatic hydroxyl groups is 1. The van der Waals surface area contributed by atoms with Gasteiger partial charge in [0, 0.05) is 6.54 Å². The molecule has 0 saturated heterocycles. The Morgan fingerprint density at radius 2 is 2.33 bits per heavy atom. The SMILES string of the molecule is CC(O)CNc1cnc(Br)cn1. The van der Waals surface area contributed by atoms with Crippen molar-refractivity contribution < 1.29 is 5.11 Å². The largest absolute Gasteiger partial charge is 0.392 e. The van der Waals surface area contributed by atoms with Gasteiger partial charge in [0.2, 0.25) is 0 Å². The molecule has 0 aromatic carbocycles. The Labute approximate surface area is 79.2 Å². The zero-order chi connectivity index (χ0) is 8.97. The molecule has 1 rings (SSSR count). The van der Waals surface area contributed by atoms with E-state index in [-0.39, 0.29) is 6.10 Å². The average Bonchev–Trinajstić information content (AvgIpc) is 2.03. The number of anilines is 1. The summed E-state index contributed by atoms with van der Waals surface area (Å²) in [4.78, 5) is 7.99. The summed E-state index contributed by atoms with van der Waals surface area (Å²) in [7, 11) is 0. The standard InChI is InChI=1S/C7H10BrN3O/c1-5(12)2-10-7-4-9-6(8)3-11-7/h3-5,12H,2H2,1H3,(H,10,11). The molecule has 1 heterocycles. The number of rotatable bonds is 3.